The summed E-state index contributed by atoms with van der Waals surface area (Å²) in [7, 11) is 0. The van der Waals surface area contributed by atoms with Crippen molar-refractivity contribution in [2.75, 3.05) is 0 Å². The standard InChI is InChI=1S/C26H24F2/c1-3-4-5-6-20-7-12-22(13-8-20)23-14-9-21(10-15-23)11-16-24-25(27)17-19(2)18-26(24)28/h7-10,12-15,17-18H,3-6H2,1-2H3. The molecule has 0 saturated carbocycles. The van der Waals surface area contributed by atoms with E-state index in [1.54, 1.807) is 6.92 Å². The third-order valence-electron chi connectivity index (χ3n) is 4.76. The molecule has 0 amide bonds. The van der Waals surface area contributed by atoms with E-state index in [0.29, 0.717) is 5.56 Å². The average molecular weight is 374 g/mol. The van der Waals surface area contributed by atoms with Crippen LogP contribution in [0.4, 0.5) is 8.78 Å². The number of hydrogen-bond donors (Lipinski definition) is 0. The maximum absolute atomic E-state index is 13.9. The molecule has 0 unspecified atom stereocenters. The fourth-order valence-corrected chi connectivity index (χ4v) is 3.14. The molecule has 0 aliphatic heterocycles. The highest BCUT2D eigenvalue weighted by Gasteiger charge is 2.07. The van der Waals surface area contributed by atoms with Crippen LogP contribution in [0.3, 0.4) is 0 Å². The molecule has 2 heteroatoms. The third kappa shape index (κ3) is 5.08. The van der Waals surface area contributed by atoms with Crippen molar-refractivity contribution in [3.05, 3.63) is 94.6 Å². The Hall–Kier alpha value is -2.92. The first kappa shape index (κ1) is 19.8. The second-order valence-electron chi connectivity index (χ2n) is 7.08. The van der Waals surface area contributed by atoms with Gasteiger partial charge in [0.15, 0.2) is 0 Å². The van der Waals surface area contributed by atoms with Gasteiger partial charge in [-0.25, -0.2) is 8.78 Å². The lowest BCUT2D eigenvalue weighted by Crippen LogP contribution is -1.91. The molecule has 142 valence electrons. The van der Waals surface area contributed by atoms with Crippen molar-refractivity contribution < 1.29 is 8.78 Å². The number of rotatable bonds is 5. The molecule has 0 aliphatic carbocycles. The zero-order chi connectivity index (χ0) is 19.9. The molecule has 3 aromatic carbocycles. The van der Waals surface area contributed by atoms with Crippen molar-refractivity contribution in [3.8, 4) is 23.0 Å². The minimum Gasteiger partial charge on any atom is -0.206 e. The summed E-state index contributed by atoms with van der Waals surface area (Å²) in [5.74, 6) is 4.22. The van der Waals surface area contributed by atoms with Crippen molar-refractivity contribution in [1.82, 2.24) is 0 Å². The van der Waals surface area contributed by atoms with Gasteiger partial charge in [-0.1, -0.05) is 68.0 Å². The smallest absolute Gasteiger partial charge is 0.142 e. The molecule has 0 heterocycles. The summed E-state index contributed by atoms with van der Waals surface area (Å²) in [5.41, 5.74) is 4.68. The van der Waals surface area contributed by atoms with E-state index in [1.807, 2.05) is 24.3 Å². The summed E-state index contributed by atoms with van der Waals surface area (Å²) in [5, 5.41) is 0. The molecular formula is C26H24F2. The first-order valence-electron chi connectivity index (χ1n) is 9.74. The van der Waals surface area contributed by atoms with Crippen LogP contribution in [0.1, 0.15) is 48.4 Å². The van der Waals surface area contributed by atoms with E-state index in [0.717, 1.165) is 23.1 Å². The van der Waals surface area contributed by atoms with E-state index in [-0.39, 0.29) is 5.56 Å². The van der Waals surface area contributed by atoms with E-state index >= 15 is 0 Å². The minimum atomic E-state index is -0.624. The Bertz CT molecular complexity index is 964. The summed E-state index contributed by atoms with van der Waals surface area (Å²) in [6, 6.07) is 18.9. The zero-order valence-electron chi connectivity index (χ0n) is 16.4. The monoisotopic (exact) mass is 374 g/mol. The average Bonchev–Trinajstić information content (AvgIpc) is 2.68. The van der Waals surface area contributed by atoms with Crippen LogP contribution in [0.25, 0.3) is 11.1 Å². The molecule has 0 bridgehead atoms. The molecule has 0 saturated heterocycles. The van der Waals surface area contributed by atoms with Gasteiger partial charge < -0.3 is 0 Å². The normalized spacial score (nSPS) is 10.4. The highest BCUT2D eigenvalue weighted by Crippen LogP contribution is 2.21. The second-order valence-corrected chi connectivity index (χ2v) is 7.08. The topological polar surface area (TPSA) is 0 Å². The minimum absolute atomic E-state index is 0.187. The predicted molar refractivity (Wildman–Crippen MR) is 112 cm³/mol. The lowest BCUT2D eigenvalue weighted by atomic mass is 10.0. The molecule has 0 nitrogen and oxygen atoms in total. The molecule has 0 N–H and O–H groups in total. The van der Waals surface area contributed by atoms with Gasteiger partial charge in [0.05, 0.1) is 5.56 Å². The van der Waals surface area contributed by atoms with Crippen molar-refractivity contribution in [1.29, 1.82) is 0 Å². The van der Waals surface area contributed by atoms with E-state index < -0.39 is 11.6 Å². The first-order chi connectivity index (χ1) is 13.6. The molecule has 0 fully saturated rings. The van der Waals surface area contributed by atoms with Crippen LogP contribution in [0, 0.1) is 30.4 Å². The Morgan fingerprint density at radius 2 is 1.32 bits per heavy atom. The van der Waals surface area contributed by atoms with Crippen LogP contribution < -0.4 is 0 Å². The Balaban J connectivity index is 1.73. The number of halogens is 2. The van der Waals surface area contributed by atoms with Gasteiger partial charge in [-0.05, 0) is 66.3 Å². The Morgan fingerprint density at radius 3 is 1.89 bits per heavy atom. The molecule has 0 aliphatic rings. The van der Waals surface area contributed by atoms with Crippen molar-refractivity contribution in [2.45, 2.75) is 39.5 Å². The van der Waals surface area contributed by atoms with Gasteiger partial charge in [-0.3, -0.25) is 0 Å². The Labute approximate surface area is 166 Å². The number of aryl methyl sites for hydroxylation is 2. The van der Waals surface area contributed by atoms with Gasteiger partial charge in [0.2, 0.25) is 0 Å². The zero-order valence-corrected chi connectivity index (χ0v) is 16.4. The first-order valence-corrected chi connectivity index (χ1v) is 9.74. The van der Waals surface area contributed by atoms with E-state index in [2.05, 4.69) is 43.0 Å². The van der Waals surface area contributed by atoms with Gasteiger partial charge in [-0.2, -0.15) is 0 Å². The quantitative estimate of drug-likeness (QED) is 0.331. The van der Waals surface area contributed by atoms with Crippen LogP contribution in [-0.4, -0.2) is 0 Å². The maximum atomic E-state index is 13.9. The van der Waals surface area contributed by atoms with Crippen LogP contribution in [0.2, 0.25) is 0 Å². The van der Waals surface area contributed by atoms with Crippen LogP contribution in [-0.2, 0) is 6.42 Å². The number of hydrogen-bond acceptors (Lipinski definition) is 0. The largest absolute Gasteiger partial charge is 0.206 e. The van der Waals surface area contributed by atoms with E-state index in [9.17, 15) is 8.78 Å². The number of unbranched alkanes of at least 4 members (excludes halogenated alkanes) is 2. The van der Waals surface area contributed by atoms with Crippen LogP contribution in [0.15, 0.2) is 60.7 Å². The van der Waals surface area contributed by atoms with E-state index in [1.165, 1.54) is 37.0 Å². The fourth-order valence-electron chi connectivity index (χ4n) is 3.14. The van der Waals surface area contributed by atoms with Gasteiger partial charge in [0.25, 0.3) is 0 Å². The van der Waals surface area contributed by atoms with Crippen molar-refractivity contribution in [3.63, 3.8) is 0 Å². The molecule has 0 spiro atoms. The summed E-state index contributed by atoms with van der Waals surface area (Å²) in [6.07, 6.45) is 4.84. The highest BCUT2D eigenvalue weighted by atomic mass is 19.1. The summed E-state index contributed by atoms with van der Waals surface area (Å²) < 4.78 is 27.8. The van der Waals surface area contributed by atoms with Crippen molar-refractivity contribution >= 4 is 0 Å². The Morgan fingerprint density at radius 1 is 0.750 bits per heavy atom. The molecular weight excluding hydrogens is 350 g/mol. The maximum Gasteiger partial charge on any atom is 0.142 e. The molecule has 3 rings (SSSR count). The summed E-state index contributed by atoms with van der Waals surface area (Å²) in [6.45, 7) is 3.87. The Kier molecular flexibility index (Phi) is 6.61. The van der Waals surface area contributed by atoms with Crippen molar-refractivity contribution in [2.24, 2.45) is 0 Å². The predicted octanol–water partition coefficient (Wildman–Crippen LogP) is 7.07. The highest BCUT2D eigenvalue weighted by molar-refractivity contribution is 5.64. The molecule has 0 radical (unpaired) electrons. The summed E-state index contributed by atoms with van der Waals surface area (Å²) in [4.78, 5) is 0. The lowest BCUT2D eigenvalue weighted by Gasteiger charge is -2.05. The SMILES string of the molecule is CCCCCc1ccc(-c2ccc(C#Cc3c(F)cc(C)cc3F)cc2)cc1. The van der Waals surface area contributed by atoms with Crippen LogP contribution in [0.5, 0.6) is 0 Å². The summed E-state index contributed by atoms with van der Waals surface area (Å²) >= 11 is 0. The number of benzene rings is 3. The molecule has 3 aromatic rings. The van der Waals surface area contributed by atoms with E-state index in [4.69, 9.17) is 0 Å². The second kappa shape index (κ2) is 9.33. The van der Waals surface area contributed by atoms with Crippen LogP contribution >= 0.6 is 0 Å². The third-order valence-corrected chi connectivity index (χ3v) is 4.76. The molecule has 28 heavy (non-hydrogen) atoms. The lowest BCUT2D eigenvalue weighted by molar-refractivity contribution is 0.575. The van der Waals surface area contributed by atoms with Gasteiger partial charge in [0, 0.05) is 5.56 Å². The van der Waals surface area contributed by atoms with Gasteiger partial charge in [-0.15, -0.1) is 0 Å². The van der Waals surface area contributed by atoms with Gasteiger partial charge in [0.1, 0.15) is 11.6 Å². The molecule has 0 aromatic heterocycles. The molecule has 0 atom stereocenters. The van der Waals surface area contributed by atoms with Gasteiger partial charge >= 0.3 is 0 Å². The fraction of sp³-hybridized carbons (Fsp3) is 0.231.